The molecule has 0 amide bonds. The van der Waals surface area contributed by atoms with Gasteiger partial charge in [0.15, 0.2) is 11.6 Å². The number of nitrogens with zero attached hydrogens (tertiary/aromatic N) is 2. The van der Waals surface area contributed by atoms with Crippen LogP contribution in [0.4, 0.5) is 8.78 Å². The maximum atomic E-state index is 13.5. The third kappa shape index (κ3) is 2.06. The van der Waals surface area contributed by atoms with Crippen molar-refractivity contribution in [3.8, 4) is 11.4 Å². The smallest absolute Gasteiger partial charge is 0.360 e. The van der Waals surface area contributed by atoms with Gasteiger partial charge in [0, 0.05) is 6.07 Å². The van der Waals surface area contributed by atoms with Gasteiger partial charge >= 0.3 is 5.97 Å². The Bertz CT molecular complexity index is 642. The highest BCUT2D eigenvalue weighted by atomic mass is 79.9. The van der Waals surface area contributed by atoms with Gasteiger partial charge in [-0.05, 0) is 22.0 Å². The van der Waals surface area contributed by atoms with Crippen molar-refractivity contribution >= 4 is 21.9 Å². The number of halogens is 3. The summed E-state index contributed by atoms with van der Waals surface area (Å²) < 4.78 is 27.3. The van der Waals surface area contributed by atoms with Crippen LogP contribution in [0.5, 0.6) is 5.75 Å². The lowest BCUT2D eigenvalue weighted by molar-refractivity contribution is 0.0687. The van der Waals surface area contributed by atoms with Crippen molar-refractivity contribution in [1.29, 1.82) is 0 Å². The highest BCUT2D eigenvalue weighted by molar-refractivity contribution is 9.10. The number of hydrogen-bond acceptors (Lipinski definition) is 3. The van der Waals surface area contributed by atoms with E-state index < -0.39 is 29.0 Å². The van der Waals surface area contributed by atoms with Crippen molar-refractivity contribution < 1.29 is 23.8 Å². The summed E-state index contributed by atoms with van der Waals surface area (Å²) in [5, 5.41) is 21.5. The summed E-state index contributed by atoms with van der Waals surface area (Å²) in [6.07, 6.45) is 0.923. The zero-order valence-corrected chi connectivity index (χ0v) is 10.1. The Morgan fingerprint density at radius 3 is 2.56 bits per heavy atom. The first-order valence-corrected chi connectivity index (χ1v) is 5.36. The van der Waals surface area contributed by atoms with Gasteiger partial charge in [-0.1, -0.05) is 0 Å². The fourth-order valence-electron chi connectivity index (χ4n) is 1.33. The molecule has 8 heteroatoms. The fraction of sp³-hybridized carbons (Fsp3) is 0. The minimum absolute atomic E-state index is 0.00855. The van der Waals surface area contributed by atoms with Crippen molar-refractivity contribution in [2.75, 3.05) is 0 Å². The molecule has 0 bridgehead atoms. The Labute approximate surface area is 107 Å². The third-order valence-corrected chi connectivity index (χ3v) is 2.74. The van der Waals surface area contributed by atoms with Crippen LogP contribution >= 0.6 is 15.9 Å². The van der Waals surface area contributed by atoms with Crippen LogP contribution in [0.25, 0.3) is 5.69 Å². The number of carbonyl (C=O) groups is 1. The van der Waals surface area contributed by atoms with E-state index >= 15 is 0 Å². The SMILES string of the molecule is O=C(O)c1nn(-c2cc(Br)c(F)cc2F)cc1O. The normalized spacial score (nSPS) is 10.6. The molecule has 0 fully saturated rings. The molecular formula is C10H5BrF2N2O3. The molecule has 0 aliphatic rings. The Morgan fingerprint density at radius 1 is 1.33 bits per heavy atom. The maximum absolute atomic E-state index is 13.5. The van der Waals surface area contributed by atoms with Crippen LogP contribution in [0.1, 0.15) is 10.5 Å². The number of hydrogen-bond donors (Lipinski definition) is 2. The number of aromatic nitrogens is 2. The molecule has 0 aliphatic heterocycles. The predicted molar refractivity (Wildman–Crippen MR) is 59.8 cm³/mol. The van der Waals surface area contributed by atoms with E-state index in [9.17, 15) is 18.7 Å². The molecule has 1 aromatic heterocycles. The van der Waals surface area contributed by atoms with Crippen LogP contribution in [0, 0.1) is 11.6 Å². The summed E-state index contributed by atoms with van der Waals surface area (Å²) in [5.74, 6) is -3.79. The maximum Gasteiger partial charge on any atom is 0.360 e. The van der Waals surface area contributed by atoms with Gasteiger partial charge in [0.25, 0.3) is 0 Å². The summed E-state index contributed by atoms with van der Waals surface area (Å²) in [6.45, 7) is 0. The van der Waals surface area contributed by atoms with Gasteiger partial charge in [-0.3, -0.25) is 0 Å². The van der Waals surface area contributed by atoms with Gasteiger partial charge < -0.3 is 10.2 Å². The number of carboxylic acids is 1. The Kier molecular flexibility index (Phi) is 3.04. The largest absolute Gasteiger partial charge is 0.504 e. The van der Waals surface area contributed by atoms with E-state index in [4.69, 9.17) is 5.11 Å². The zero-order chi connectivity index (χ0) is 13.4. The van der Waals surface area contributed by atoms with Gasteiger partial charge in [0.1, 0.15) is 11.5 Å². The lowest BCUT2D eigenvalue weighted by atomic mass is 10.3. The van der Waals surface area contributed by atoms with Gasteiger partial charge in [0.2, 0.25) is 5.69 Å². The average molecular weight is 319 g/mol. The van der Waals surface area contributed by atoms with Gasteiger partial charge in [-0.15, -0.1) is 0 Å². The summed E-state index contributed by atoms with van der Waals surface area (Å²) in [4.78, 5) is 10.7. The molecule has 0 spiro atoms. The average Bonchev–Trinajstić information content (AvgIpc) is 2.65. The van der Waals surface area contributed by atoms with E-state index in [1.807, 2.05) is 0 Å². The topological polar surface area (TPSA) is 75.3 Å². The molecule has 0 unspecified atom stereocenters. The molecule has 2 aromatic rings. The first-order chi connectivity index (χ1) is 8.40. The van der Waals surface area contributed by atoms with Crippen LogP contribution in [-0.4, -0.2) is 26.0 Å². The number of benzene rings is 1. The van der Waals surface area contributed by atoms with Crippen molar-refractivity contribution in [2.24, 2.45) is 0 Å². The molecule has 0 aliphatic carbocycles. The molecule has 18 heavy (non-hydrogen) atoms. The first-order valence-electron chi connectivity index (χ1n) is 4.57. The minimum atomic E-state index is -1.45. The molecule has 0 saturated carbocycles. The van der Waals surface area contributed by atoms with Gasteiger partial charge in [0.05, 0.1) is 10.7 Å². The number of carboxylic acid groups (broad SMARTS) is 1. The summed E-state index contributed by atoms with van der Waals surface area (Å²) in [7, 11) is 0. The molecule has 2 N–H and O–H groups in total. The molecule has 2 rings (SSSR count). The van der Waals surface area contributed by atoms with Crippen molar-refractivity contribution in [2.45, 2.75) is 0 Å². The Hall–Kier alpha value is -1.96. The van der Waals surface area contributed by atoms with Crippen LogP contribution in [-0.2, 0) is 0 Å². The fourth-order valence-corrected chi connectivity index (χ4v) is 1.66. The van der Waals surface area contributed by atoms with E-state index in [-0.39, 0.29) is 10.2 Å². The van der Waals surface area contributed by atoms with Gasteiger partial charge in [-0.25, -0.2) is 18.3 Å². The second-order valence-corrected chi connectivity index (χ2v) is 4.18. The molecular weight excluding hydrogens is 314 g/mol. The summed E-state index contributed by atoms with van der Waals surface area (Å²) in [5.41, 5.74) is -0.805. The van der Waals surface area contributed by atoms with E-state index in [1.54, 1.807) is 0 Å². The predicted octanol–water partition coefficient (Wildman–Crippen LogP) is 2.32. The van der Waals surface area contributed by atoms with E-state index in [1.165, 1.54) is 0 Å². The molecule has 94 valence electrons. The second kappa shape index (κ2) is 4.37. The van der Waals surface area contributed by atoms with E-state index in [2.05, 4.69) is 21.0 Å². The molecule has 0 radical (unpaired) electrons. The van der Waals surface area contributed by atoms with E-state index in [0.717, 1.165) is 16.9 Å². The number of aromatic carboxylic acids is 1. The van der Waals surface area contributed by atoms with Crippen LogP contribution in [0.15, 0.2) is 22.8 Å². The quantitative estimate of drug-likeness (QED) is 0.833. The van der Waals surface area contributed by atoms with E-state index in [0.29, 0.717) is 6.07 Å². The lowest BCUT2D eigenvalue weighted by Gasteiger charge is -2.04. The monoisotopic (exact) mass is 318 g/mol. The Balaban J connectivity index is 2.59. The summed E-state index contributed by atoms with van der Waals surface area (Å²) in [6, 6.07) is 1.71. The van der Waals surface area contributed by atoms with Crippen LogP contribution in [0.3, 0.4) is 0 Å². The third-order valence-electron chi connectivity index (χ3n) is 2.13. The number of aromatic hydroxyl groups is 1. The van der Waals surface area contributed by atoms with Crippen LogP contribution < -0.4 is 0 Å². The molecule has 5 nitrogen and oxygen atoms in total. The standard InChI is InChI=1S/C10H5BrF2N2O3/c11-4-1-7(6(13)2-5(4)12)15-3-8(16)9(14-15)10(17)18/h1-3,16H,(H,17,18). The molecule has 0 atom stereocenters. The molecule has 1 heterocycles. The summed E-state index contributed by atoms with van der Waals surface area (Å²) >= 11 is 2.87. The van der Waals surface area contributed by atoms with Crippen LogP contribution in [0.2, 0.25) is 0 Å². The van der Waals surface area contributed by atoms with Crippen molar-refractivity contribution in [3.05, 3.63) is 40.1 Å². The Morgan fingerprint density at radius 2 is 2.00 bits per heavy atom. The zero-order valence-electron chi connectivity index (χ0n) is 8.56. The minimum Gasteiger partial charge on any atom is -0.504 e. The van der Waals surface area contributed by atoms with Crippen molar-refractivity contribution in [1.82, 2.24) is 9.78 Å². The first kappa shape index (κ1) is 12.5. The van der Waals surface area contributed by atoms with Crippen molar-refractivity contribution in [3.63, 3.8) is 0 Å². The number of rotatable bonds is 2. The lowest BCUT2D eigenvalue weighted by Crippen LogP contribution is -2.03. The molecule has 0 saturated heterocycles. The highest BCUT2D eigenvalue weighted by Gasteiger charge is 2.18. The second-order valence-electron chi connectivity index (χ2n) is 3.33. The molecule has 1 aromatic carbocycles. The highest BCUT2D eigenvalue weighted by Crippen LogP contribution is 2.25. The van der Waals surface area contributed by atoms with Gasteiger partial charge in [-0.2, -0.15) is 5.10 Å².